The fourth-order valence-corrected chi connectivity index (χ4v) is 1.16. The molecule has 0 saturated carbocycles. The summed E-state index contributed by atoms with van der Waals surface area (Å²) in [6.07, 6.45) is 0.965. The average molecular weight is 173 g/mol. The Morgan fingerprint density at radius 3 is 3.00 bits per heavy atom. The van der Waals surface area contributed by atoms with Crippen LogP contribution in [0, 0.1) is 0 Å². The maximum atomic E-state index is 12.6. The molecular formula is C8H12FNO2. The van der Waals surface area contributed by atoms with Gasteiger partial charge < -0.3 is 10.0 Å². The number of aliphatic hydroxyl groups excluding tert-OH is 1. The molecule has 0 radical (unpaired) electrons. The van der Waals surface area contributed by atoms with Gasteiger partial charge in [-0.2, -0.15) is 0 Å². The molecule has 1 amide bonds. The van der Waals surface area contributed by atoms with Crippen LogP contribution in [0.25, 0.3) is 0 Å². The molecule has 1 aliphatic heterocycles. The first-order chi connectivity index (χ1) is 5.61. The molecule has 0 unspecified atom stereocenters. The van der Waals surface area contributed by atoms with Gasteiger partial charge in [-0.1, -0.05) is 0 Å². The number of hydrogen-bond donors (Lipinski definition) is 1. The van der Waals surface area contributed by atoms with Crippen LogP contribution in [-0.4, -0.2) is 35.1 Å². The van der Waals surface area contributed by atoms with Crippen LogP contribution >= 0.6 is 0 Å². The first-order valence-electron chi connectivity index (χ1n) is 3.92. The van der Waals surface area contributed by atoms with E-state index in [9.17, 15) is 9.18 Å². The van der Waals surface area contributed by atoms with Crippen LogP contribution in [0.3, 0.4) is 0 Å². The molecule has 1 atom stereocenters. The molecule has 12 heavy (non-hydrogen) atoms. The van der Waals surface area contributed by atoms with E-state index < -0.39 is 12.0 Å². The Labute approximate surface area is 70.5 Å². The minimum atomic E-state index is -1.03. The van der Waals surface area contributed by atoms with Gasteiger partial charge in [0.05, 0.1) is 6.54 Å². The van der Waals surface area contributed by atoms with Crippen molar-refractivity contribution in [3.05, 3.63) is 11.9 Å². The largest absolute Gasteiger partial charge is 0.384 e. The third-order valence-electron chi connectivity index (χ3n) is 1.78. The van der Waals surface area contributed by atoms with Crippen molar-refractivity contribution in [2.75, 3.05) is 13.1 Å². The van der Waals surface area contributed by atoms with E-state index in [4.69, 9.17) is 5.11 Å². The maximum Gasteiger partial charge on any atom is 0.251 e. The highest BCUT2D eigenvalue weighted by Crippen LogP contribution is 2.11. The van der Waals surface area contributed by atoms with E-state index in [-0.39, 0.29) is 12.4 Å². The zero-order chi connectivity index (χ0) is 9.14. The van der Waals surface area contributed by atoms with Gasteiger partial charge in [-0.25, -0.2) is 4.39 Å². The van der Waals surface area contributed by atoms with Gasteiger partial charge in [0.2, 0.25) is 0 Å². The minimum absolute atomic E-state index is 0.00370. The SMILES string of the molecule is C[C@H](O)C(=O)N1CCC=C(F)C1. The Morgan fingerprint density at radius 2 is 2.50 bits per heavy atom. The summed E-state index contributed by atoms with van der Waals surface area (Å²) < 4.78 is 12.6. The van der Waals surface area contributed by atoms with E-state index in [1.165, 1.54) is 17.9 Å². The molecule has 0 aliphatic carbocycles. The van der Waals surface area contributed by atoms with Crippen molar-refractivity contribution >= 4 is 5.91 Å². The second-order valence-electron chi connectivity index (χ2n) is 2.88. The van der Waals surface area contributed by atoms with Crippen LogP contribution in [0.1, 0.15) is 13.3 Å². The molecule has 0 fully saturated rings. The summed E-state index contributed by atoms with van der Waals surface area (Å²) in [7, 11) is 0. The number of carbonyl (C=O) groups excluding carboxylic acids is 1. The second kappa shape index (κ2) is 3.67. The summed E-state index contributed by atoms with van der Waals surface area (Å²) >= 11 is 0. The summed E-state index contributed by atoms with van der Waals surface area (Å²) in [6, 6.07) is 0. The van der Waals surface area contributed by atoms with Gasteiger partial charge in [0.25, 0.3) is 5.91 Å². The summed E-state index contributed by atoms with van der Waals surface area (Å²) in [6.45, 7) is 1.89. The molecule has 1 rings (SSSR count). The lowest BCUT2D eigenvalue weighted by atomic mass is 10.2. The fraction of sp³-hybridized carbons (Fsp3) is 0.625. The first kappa shape index (κ1) is 9.19. The molecule has 0 saturated heterocycles. The van der Waals surface area contributed by atoms with E-state index in [2.05, 4.69) is 0 Å². The second-order valence-corrected chi connectivity index (χ2v) is 2.88. The number of nitrogens with zero attached hydrogens (tertiary/aromatic N) is 1. The Kier molecular flexibility index (Phi) is 2.81. The lowest BCUT2D eigenvalue weighted by molar-refractivity contribution is -0.139. The molecule has 1 heterocycles. The summed E-state index contributed by atoms with van der Waals surface area (Å²) in [5, 5.41) is 8.93. The van der Waals surface area contributed by atoms with E-state index in [0.29, 0.717) is 13.0 Å². The van der Waals surface area contributed by atoms with Gasteiger partial charge in [-0.15, -0.1) is 0 Å². The highest BCUT2D eigenvalue weighted by atomic mass is 19.1. The monoisotopic (exact) mass is 173 g/mol. The normalized spacial score (nSPS) is 20.2. The minimum Gasteiger partial charge on any atom is -0.384 e. The first-order valence-corrected chi connectivity index (χ1v) is 3.92. The van der Waals surface area contributed by atoms with Crippen molar-refractivity contribution in [1.82, 2.24) is 4.90 Å². The van der Waals surface area contributed by atoms with Gasteiger partial charge in [-0.05, 0) is 19.4 Å². The lowest BCUT2D eigenvalue weighted by Gasteiger charge is -2.25. The zero-order valence-electron chi connectivity index (χ0n) is 6.96. The number of hydrogen-bond acceptors (Lipinski definition) is 2. The number of aliphatic hydroxyl groups is 1. The van der Waals surface area contributed by atoms with Crippen LogP contribution in [0.4, 0.5) is 4.39 Å². The predicted octanol–water partition coefficient (Wildman–Crippen LogP) is 0.453. The fourth-order valence-electron chi connectivity index (χ4n) is 1.16. The smallest absolute Gasteiger partial charge is 0.251 e. The van der Waals surface area contributed by atoms with Crippen molar-refractivity contribution in [3.63, 3.8) is 0 Å². The van der Waals surface area contributed by atoms with E-state index in [1.54, 1.807) is 0 Å². The van der Waals surface area contributed by atoms with Crippen molar-refractivity contribution in [3.8, 4) is 0 Å². The molecule has 0 spiro atoms. The number of halogens is 1. The summed E-state index contributed by atoms with van der Waals surface area (Å²) in [5.74, 6) is -0.700. The standard InChI is InChI=1S/C8H12FNO2/c1-6(11)8(12)10-4-2-3-7(9)5-10/h3,6,11H,2,4-5H2,1H3/t6-/m0/s1. The van der Waals surface area contributed by atoms with Gasteiger partial charge in [0.1, 0.15) is 11.9 Å². The zero-order valence-corrected chi connectivity index (χ0v) is 6.96. The molecule has 0 aromatic carbocycles. The molecular weight excluding hydrogens is 161 g/mol. The molecule has 4 heteroatoms. The summed E-state index contributed by atoms with van der Waals surface area (Å²) in [5.41, 5.74) is 0. The Hall–Kier alpha value is -0.900. The highest BCUT2D eigenvalue weighted by Gasteiger charge is 2.21. The number of amides is 1. The Balaban J connectivity index is 2.55. The molecule has 0 aromatic rings. The molecule has 0 bridgehead atoms. The van der Waals surface area contributed by atoms with Crippen LogP contribution in [0.5, 0.6) is 0 Å². The van der Waals surface area contributed by atoms with Crippen LogP contribution in [0.2, 0.25) is 0 Å². The third kappa shape index (κ3) is 2.04. The Morgan fingerprint density at radius 1 is 1.83 bits per heavy atom. The van der Waals surface area contributed by atoms with Crippen LogP contribution < -0.4 is 0 Å². The molecule has 68 valence electrons. The predicted molar refractivity (Wildman–Crippen MR) is 42.1 cm³/mol. The van der Waals surface area contributed by atoms with Gasteiger partial charge in [0.15, 0.2) is 0 Å². The van der Waals surface area contributed by atoms with Crippen molar-refractivity contribution in [2.45, 2.75) is 19.4 Å². The summed E-state index contributed by atoms with van der Waals surface area (Å²) in [4.78, 5) is 12.4. The molecule has 0 aromatic heterocycles. The highest BCUT2D eigenvalue weighted by molar-refractivity contribution is 5.80. The van der Waals surface area contributed by atoms with Crippen molar-refractivity contribution < 1.29 is 14.3 Å². The van der Waals surface area contributed by atoms with Crippen molar-refractivity contribution in [1.29, 1.82) is 0 Å². The van der Waals surface area contributed by atoms with E-state index >= 15 is 0 Å². The van der Waals surface area contributed by atoms with E-state index in [0.717, 1.165) is 0 Å². The number of rotatable bonds is 1. The van der Waals surface area contributed by atoms with Gasteiger partial charge in [0, 0.05) is 6.54 Å². The molecule has 1 N–H and O–H groups in total. The van der Waals surface area contributed by atoms with Crippen LogP contribution in [-0.2, 0) is 4.79 Å². The molecule has 1 aliphatic rings. The van der Waals surface area contributed by atoms with Crippen molar-refractivity contribution in [2.24, 2.45) is 0 Å². The molecule has 3 nitrogen and oxygen atoms in total. The topological polar surface area (TPSA) is 40.5 Å². The quantitative estimate of drug-likeness (QED) is 0.625. The van der Waals surface area contributed by atoms with E-state index in [1.807, 2.05) is 0 Å². The van der Waals surface area contributed by atoms with Crippen LogP contribution in [0.15, 0.2) is 11.9 Å². The lowest BCUT2D eigenvalue weighted by Crippen LogP contribution is -2.40. The maximum absolute atomic E-state index is 12.6. The Bertz CT molecular complexity index is 213. The third-order valence-corrected chi connectivity index (χ3v) is 1.78. The van der Waals surface area contributed by atoms with Gasteiger partial charge >= 0.3 is 0 Å². The number of carbonyl (C=O) groups is 1. The average Bonchev–Trinajstić information content (AvgIpc) is 2.03. The van der Waals surface area contributed by atoms with Gasteiger partial charge in [-0.3, -0.25) is 4.79 Å².